The molecule has 1 unspecified atom stereocenters. The quantitative estimate of drug-likeness (QED) is 0.595. The van der Waals surface area contributed by atoms with Gasteiger partial charge in [0.15, 0.2) is 0 Å². The van der Waals surface area contributed by atoms with Crippen molar-refractivity contribution in [2.75, 3.05) is 0 Å². The Bertz CT molecular complexity index is 321. The highest BCUT2D eigenvalue weighted by molar-refractivity contribution is 5.01. The van der Waals surface area contributed by atoms with Crippen LogP contribution in [0.15, 0.2) is 12.3 Å². The summed E-state index contributed by atoms with van der Waals surface area (Å²) in [7, 11) is 1.75. The van der Waals surface area contributed by atoms with Crippen molar-refractivity contribution in [3.8, 4) is 0 Å². The lowest BCUT2D eigenvalue weighted by molar-refractivity contribution is -0.136. The Morgan fingerprint density at radius 1 is 1.56 bits per heavy atom. The van der Waals surface area contributed by atoms with Gasteiger partial charge in [0.05, 0.1) is 5.69 Å². The fraction of sp³-hybridized carbons (Fsp3) is 0.667. The van der Waals surface area contributed by atoms with Crippen LogP contribution in [0.3, 0.4) is 0 Å². The molecule has 0 aromatic carbocycles. The predicted octanol–water partition coefficient (Wildman–Crippen LogP) is 1.14. The lowest BCUT2D eigenvalue weighted by Crippen LogP contribution is -2.37. The van der Waals surface area contributed by atoms with E-state index in [1.165, 1.54) is 0 Å². The van der Waals surface area contributed by atoms with Gasteiger partial charge in [0.25, 0.3) is 0 Å². The second-order valence-corrected chi connectivity index (χ2v) is 3.70. The van der Waals surface area contributed by atoms with Crippen LogP contribution in [-0.4, -0.2) is 22.0 Å². The number of halogens is 3. The first-order valence-electron chi connectivity index (χ1n) is 4.92. The molecule has 16 heavy (non-hydrogen) atoms. The minimum Gasteiger partial charge on any atom is -0.276 e. The van der Waals surface area contributed by atoms with Gasteiger partial charge in [0.2, 0.25) is 0 Å². The highest BCUT2D eigenvalue weighted by Crippen LogP contribution is 2.22. The standard InChI is InChI=1S/C9H15F3N4/c1-16-5-3-8(15-16)6-7(14-13)2-4-9(10,11)12/h3,5,7,14H,2,4,6,13H2,1H3. The molecule has 0 bridgehead atoms. The zero-order valence-corrected chi connectivity index (χ0v) is 8.96. The highest BCUT2D eigenvalue weighted by Gasteiger charge is 2.28. The van der Waals surface area contributed by atoms with Crippen LogP contribution in [0.5, 0.6) is 0 Å². The molecule has 0 saturated carbocycles. The van der Waals surface area contributed by atoms with Crippen LogP contribution < -0.4 is 11.3 Å². The molecule has 1 rings (SSSR count). The van der Waals surface area contributed by atoms with Crippen molar-refractivity contribution in [2.24, 2.45) is 12.9 Å². The van der Waals surface area contributed by atoms with Crippen LogP contribution in [0.25, 0.3) is 0 Å². The molecule has 1 heterocycles. The maximum atomic E-state index is 12.0. The second-order valence-electron chi connectivity index (χ2n) is 3.70. The van der Waals surface area contributed by atoms with Gasteiger partial charge in [-0.25, -0.2) is 0 Å². The summed E-state index contributed by atoms with van der Waals surface area (Å²) < 4.78 is 37.6. The molecule has 1 atom stereocenters. The van der Waals surface area contributed by atoms with Gasteiger partial charge in [0.1, 0.15) is 0 Å². The van der Waals surface area contributed by atoms with E-state index in [0.29, 0.717) is 6.42 Å². The smallest absolute Gasteiger partial charge is 0.276 e. The fourth-order valence-corrected chi connectivity index (χ4v) is 1.41. The Balaban J connectivity index is 2.43. The molecular formula is C9H15F3N4. The van der Waals surface area contributed by atoms with Crippen molar-refractivity contribution in [3.05, 3.63) is 18.0 Å². The minimum absolute atomic E-state index is 0.0451. The Labute approximate surface area is 91.6 Å². The van der Waals surface area contributed by atoms with Gasteiger partial charge in [-0.3, -0.25) is 16.0 Å². The van der Waals surface area contributed by atoms with Crippen molar-refractivity contribution < 1.29 is 13.2 Å². The summed E-state index contributed by atoms with van der Waals surface area (Å²) in [6.45, 7) is 0. The number of nitrogens with zero attached hydrogens (tertiary/aromatic N) is 2. The van der Waals surface area contributed by atoms with Crippen LogP contribution in [0.1, 0.15) is 18.5 Å². The van der Waals surface area contributed by atoms with E-state index in [9.17, 15) is 13.2 Å². The van der Waals surface area contributed by atoms with Gasteiger partial charge in [-0.2, -0.15) is 18.3 Å². The lowest BCUT2D eigenvalue weighted by atomic mass is 10.1. The molecule has 0 aliphatic carbocycles. The number of aryl methyl sites for hydroxylation is 1. The van der Waals surface area contributed by atoms with Crippen LogP contribution in [-0.2, 0) is 13.5 Å². The molecule has 0 saturated heterocycles. The number of alkyl halides is 3. The predicted molar refractivity (Wildman–Crippen MR) is 53.3 cm³/mol. The van der Waals surface area contributed by atoms with Gasteiger partial charge in [-0.15, -0.1) is 0 Å². The molecule has 0 amide bonds. The molecule has 3 N–H and O–H groups in total. The third kappa shape index (κ3) is 4.63. The SMILES string of the molecule is Cn1ccc(CC(CCC(F)(F)F)NN)n1. The maximum absolute atomic E-state index is 12.0. The summed E-state index contributed by atoms with van der Waals surface area (Å²) in [6, 6.07) is 1.36. The third-order valence-electron chi connectivity index (χ3n) is 2.24. The zero-order valence-electron chi connectivity index (χ0n) is 8.96. The number of nitrogens with one attached hydrogen (secondary N) is 1. The molecule has 0 fully saturated rings. The van der Waals surface area contributed by atoms with Crippen molar-refractivity contribution >= 4 is 0 Å². The third-order valence-corrected chi connectivity index (χ3v) is 2.24. The zero-order chi connectivity index (χ0) is 12.2. The molecule has 0 aliphatic heterocycles. The lowest BCUT2D eigenvalue weighted by Gasteiger charge is -2.15. The second kappa shape index (κ2) is 5.31. The molecule has 1 aromatic rings. The molecule has 7 heteroatoms. The summed E-state index contributed by atoms with van der Waals surface area (Å²) in [5, 5.41) is 4.08. The molecule has 0 radical (unpaired) electrons. The summed E-state index contributed by atoms with van der Waals surface area (Å²) >= 11 is 0. The van der Waals surface area contributed by atoms with E-state index in [4.69, 9.17) is 5.84 Å². The van der Waals surface area contributed by atoms with E-state index in [0.717, 1.165) is 5.69 Å². The topological polar surface area (TPSA) is 55.9 Å². The van der Waals surface area contributed by atoms with E-state index in [2.05, 4.69) is 10.5 Å². The van der Waals surface area contributed by atoms with E-state index in [-0.39, 0.29) is 6.42 Å². The summed E-state index contributed by atoms with van der Waals surface area (Å²) in [5.41, 5.74) is 3.11. The molecule has 0 spiro atoms. The Kier molecular flexibility index (Phi) is 4.31. The largest absolute Gasteiger partial charge is 0.389 e. The molecule has 1 aromatic heterocycles. The number of rotatable bonds is 5. The normalized spacial score (nSPS) is 14.1. The number of aromatic nitrogens is 2. The first-order chi connectivity index (χ1) is 7.40. The van der Waals surface area contributed by atoms with Crippen molar-refractivity contribution in [2.45, 2.75) is 31.5 Å². The average molecular weight is 236 g/mol. The van der Waals surface area contributed by atoms with Gasteiger partial charge in [0, 0.05) is 32.1 Å². The molecular weight excluding hydrogens is 221 g/mol. The fourth-order valence-electron chi connectivity index (χ4n) is 1.41. The average Bonchev–Trinajstić information content (AvgIpc) is 2.57. The first kappa shape index (κ1) is 13.0. The number of hydrogen-bond donors (Lipinski definition) is 2. The number of hydrogen-bond acceptors (Lipinski definition) is 3. The maximum Gasteiger partial charge on any atom is 0.389 e. The van der Waals surface area contributed by atoms with Crippen molar-refractivity contribution in [3.63, 3.8) is 0 Å². The summed E-state index contributed by atoms with van der Waals surface area (Å²) in [4.78, 5) is 0. The van der Waals surface area contributed by atoms with Crippen molar-refractivity contribution in [1.29, 1.82) is 0 Å². The molecule has 92 valence electrons. The van der Waals surface area contributed by atoms with E-state index >= 15 is 0 Å². The van der Waals surface area contributed by atoms with Crippen LogP contribution >= 0.6 is 0 Å². The number of hydrazine groups is 1. The highest BCUT2D eigenvalue weighted by atomic mass is 19.4. The minimum atomic E-state index is -4.14. The Morgan fingerprint density at radius 3 is 2.69 bits per heavy atom. The number of nitrogens with two attached hydrogens (primary N) is 1. The van der Waals surface area contributed by atoms with E-state index < -0.39 is 18.6 Å². The summed E-state index contributed by atoms with van der Waals surface area (Å²) in [6.07, 6.45) is -2.88. The van der Waals surface area contributed by atoms with E-state index in [1.54, 1.807) is 24.0 Å². The van der Waals surface area contributed by atoms with Crippen LogP contribution in [0, 0.1) is 0 Å². The van der Waals surface area contributed by atoms with E-state index in [1.807, 2.05) is 0 Å². The van der Waals surface area contributed by atoms with Crippen LogP contribution in [0.4, 0.5) is 13.2 Å². The van der Waals surface area contributed by atoms with Crippen molar-refractivity contribution in [1.82, 2.24) is 15.2 Å². The Hall–Kier alpha value is -1.08. The molecule has 4 nitrogen and oxygen atoms in total. The molecule has 0 aliphatic rings. The van der Waals surface area contributed by atoms with Gasteiger partial charge >= 0.3 is 6.18 Å². The van der Waals surface area contributed by atoms with Gasteiger partial charge in [-0.1, -0.05) is 0 Å². The first-order valence-corrected chi connectivity index (χ1v) is 4.92. The monoisotopic (exact) mass is 236 g/mol. The van der Waals surface area contributed by atoms with Gasteiger partial charge < -0.3 is 0 Å². The summed E-state index contributed by atoms with van der Waals surface area (Å²) in [5.74, 6) is 5.20. The van der Waals surface area contributed by atoms with Crippen LogP contribution in [0.2, 0.25) is 0 Å². The van der Waals surface area contributed by atoms with Gasteiger partial charge in [-0.05, 0) is 12.5 Å². The Morgan fingerprint density at radius 2 is 2.25 bits per heavy atom.